The lowest BCUT2D eigenvalue weighted by molar-refractivity contribution is -0.120. The van der Waals surface area contributed by atoms with Crippen molar-refractivity contribution in [1.82, 2.24) is 10.2 Å². The molecule has 0 spiro atoms. The van der Waals surface area contributed by atoms with Gasteiger partial charge in [0, 0.05) is 18.8 Å². The van der Waals surface area contributed by atoms with E-state index in [1.807, 2.05) is 44.0 Å². The molecule has 1 heterocycles. The van der Waals surface area contributed by atoms with Gasteiger partial charge < -0.3 is 10.1 Å². The molecule has 1 atom stereocenters. The van der Waals surface area contributed by atoms with E-state index in [2.05, 4.69) is 10.6 Å². The zero-order valence-corrected chi connectivity index (χ0v) is 14.0. The third-order valence-corrected chi connectivity index (χ3v) is 4.11. The Labute approximate surface area is 137 Å². The molecule has 0 saturated carbocycles. The molecule has 1 aromatic rings. The summed E-state index contributed by atoms with van der Waals surface area (Å²) < 4.78 is 5.32. The number of benzene rings is 1. The second-order valence-corrected chi connectivity index (χ2v) is 6.18. The average molecular weight is 319 g/mol. The molecule has 1 aromatic carbocycles. The van der Waals surface area contributed by atoms with E-state index in [0.29, 0.717) is 11.6 Å². The normalized spacial score (nSPS) is 17.3. The number of amides is 3. The maximum atomic E-state index is 11.9. The predicted octanol–water partition coefficient (Wildman–Crippen LogP) is 1.92. The SMILES string of the molecule is Cc1cccc(NC(=O)NC(=O)CN(C)CC2CCOC2)c1C. The maximum Gasteiger partial charge on any atom is 0.325 e. The van der Waals surface area contributed by atoms with Gasteiger partial charge in [-0.25, -0.2) is 4.79 Å². The number of carbonyl (C=O) groups excluding carboxylic acids is 2. The minimum atomic E-state index is -0.499. The number of nitrogens with one attached hydrogen (secondary N) is 2. The minimum Gasteiger partial charge on any atom is -0.381 e. The Hall–Kier alpha value is -1.92. The molecule has 6 nitrogen and oxygen atoms in total. The fourth-order valence-electron chi connectivity index (χ4n) is 2.68. The highest BCUT2D eigenvalue weighted by Crippen LogP contribution is 2.17. The number of rotatable bonds is 5. The summed E-state index contributed by atoms with van der Waals surface area (Å²) in [5.41, 5.74) is 2.80. The second kappa shape index (κ2) is 8.08. The van der Waals surface area contributed by atoms with Crippen molar-refractivity contribution in [2.45, 2.75) is 20.3 Å². The smallest absolute Gasteiger partial charge is 0.325 e. The molecule has 0 aliphatic carbocycles. The summed E-state index contributed by atoms with van der Waals surface area (Å²) in [7, 11) is 1.88. The molecule has 0 radical (unpaired) electrons. The standard InChI is InChI=1S/C17H25N3O3/c1-12-5-4-6-15(13(12)2)18-17(22)19-16(21)10-20(3)9-14-7-8-23-11-14/h4-6,14H,7-11H2,1-3H3,(H2,18,19,21,22). The molecule has 1 fully saturated rings. The van der Waals surface area contributed by atoms with E-state index in [-0.39, 0.29) is 12.5 Å². The molecule has 1 aliphatic heterocycles. The molecular formula is C17H25N3O3. The van der Waals surface area contributed by atoms with Gasteiger partial charge in [0.1, 0.15) is 0 Å². The van der Waals surface area contributed by atoms with E-state index in [1.165, 1.54) is 0 Å². The van der Waals surface area contributed by atoms with Crippen LogP contribution in [0.5, 0.6) is 0 Å². The van der Waals surface area contributed by atoms with Crippen LogP contribution in [-0.4, -0.2) is 50.2 Å². The van der Waals surface area contributed by atoms with E-state index in [9.17, 15) is 9.59 Å². The quantitative estimate of drug-likeness (QED) is 0.870. The van der Waals surface area contributed by atoms with Crippen LogP contribution in [0.1, 0.15) is 17.5 Å². The van der Waals surface area contributed by atoms with Crippen LogP contribution >= 0.6 is 0 Å². The molecule has 2 N–H and O–H groups in total. The molecule has 23 heavy (non-hydrogen) atoms. The van der Waals surface area contributed by atoms with Gasteiger partial charge in [-0.05, 0) is 50.4 Å². The first-order chi connectivity index (χ1) is 11.0. The Morgan fingerprint density at radius 1 is 1.35 bits per heavy atom. The third-order valence-electron chi connectivity index (χ3n) is 4.11. The molecule has 0 aromatic heterocycles. The van der Waals surface area contributed by atoms with Crippen molar-refractivity contribution in [1.29, 1.82) is 0 Å². The number of anilines is 1. The molecule has 1 saturated heterocycles. The lowest BCUT2D eigenvalue weighted by atomic mass is 10.1. The van der Waals surface area contributed by atoms with Crippen molar-refractivity contribution in [3.05, 3.63) is 29.3 Å². The number of aryl methyl sites for hydroxylation is 1. The van der Waals surface area contributed by atoms with Gasteiger partial charge in [-0.3, -0.25) is 15.0 Å². The summed E-state index contributed by atoms with van der Waals surface area (Å²) in [6, 6.07) is 5.17. The van der Waals surface area contributed by atoms with Crippen molar-refractivity contribution >= 4 is 17.6 Å². The highest BCUT2D eigenvalue weighted by atomic mass is 16.5. The molecule has 6 heteroatoms. The fraction of sp³-hybridized carbons (Fsp3) is 0.529. The average Bonchev–Trinajstić information content (AvgIpc) is 2.96. The molecule has 0 bridgehead atoms. The summed E-state index contributed by atoms with van der Waals surface area (Å²) in [6.07, 6.45) is 1.03. The molecule has 1 aliphatic rings. The molecule has 3 amide bonds. The number of ether oxygens (including phenoxy) is 1. The Morgan fingerprint density at radius 2 is 2.13 bits per heavy atom. The molecule has 1 unspecified atom stereocenters. The highest BCUT2D eigenvalue weighted by molar-refractivity contribution is 6.02. The van der Waals surface area contributed by atoms with Gasteiger partial charge in [-0.1, -0.05) is 12.1 Å². The summed E-state index contributed by atoms with van der Waals surface area (Å²) in [5.74, 6) is 0.158. The number of carbonyl (C=O) groups is 2. The molecule has 126 valence electrons. The summed E-state index contributed by atoms with van der Waals surface area (Å²) in [5, 5.41) is 5.09. The number of nitrogens with zero attached hydrogens (tertiary/aromatic N) is 1. The Morgan fingerprint density at radius 3 is 2.83 bits per heavy atom. The van der Waals surface area contributed by atoms with E-state index in [4.69, 9.17) is 4.74 Å². The van der Waals surface area contributed by atoms with Crippen LogP contribution in [0.2, 0.25) is 0 Å². The Bertz CT molecular complexity index is 568. The van der Waals surface area contributed by atoms with Crippen molar-refractivity contribution in [3.63, 3.8) is 0 Å². The number of hydrogen-bond acceptors (Lipinski definition) is 4. The fourth-order valence-corrected chi connectivity index (χ4v) is 2.68. The van der Waals surface area contributed by atoms with E-state index < -0.39 is 6.03 Å². The van der Waals surface area contributed by atoms with E-state index >= 15 is 0 Å². The van der Waals surface area contributed by atoms with Crippen LogP contribution in [0, 0.1) is 19.8 Å². The van der Waals surface area contributed by atoms with Gasteiger partial charge in [0.25, 0.3) is 0 Å². The summed E-state index contributed by atoms with van der Waals surface area (Å²) >= 11 is 0. The highest BCUT2D eigenvalue weighted by Gasteiger charge is 2.19. The number of imide groups is 1. The van der Waals surface area contributed by atoms with Crippen LogP contribution < -0.4 is 10.6 Å². The first-order valence-corrected chi connectivity index (χ1v) is 7.89. The minimum absolute atomic E-state index is 0.191. The summed E-state index contributed by atoms with van der Waals surface area (Å²) in [6.45, 7) is 6.44. The van der Waals surface area contributed by atoms with Gasteiger partial charge in [-0.15, -0.1) is 0 Å². The van der Waals surface area contributed by atoms with Crippen molar-refractivity contribution in [2.75, 3.05) is 38.7 Å². The van der Waals surface area contributed by atoms with Crippen molar-refractivity contribution < 1.29 is 14.3 Å². The van der Waals surface area contributed by atoms with Gasteiger partial charge >= 0.3 is 6.03 Å². The van der Waals surface area contributed by atoms with Gasteiger partial charge in [0.15, 0.2) is 0 Å². The lowest BCUT2D eigenvalue weighted by Crippen LogP contribution is -2.42. The zero-order valence-electron chi connectivity index (χ0n) is 14.0. The largest absolute Gasteiger partial charge is 0.381 e. The van der Waals surface area contributed by atoms with Gasteiger partial charge in [0.2, 0.25) is 5.91 Å². The summed E-state index contributed by atoms with van der Waals surface area (Å²) in [4.78, 5) is 25.8. The third kappa shape index (κ3) is 5.33. The maximum absolute atomic E-state index is 11.9. The Kier molecular flexibility index (Phi) is 6.12. The number of urea groups is 1. The van der Waals surface area contributed by atoms with Crippen LogP contribution in [0.3, 0.4) is 0 Å². The van der Waals surface area contributed by atoms with Gasteiger partial charge in [0.05, 0.1) is 13.2 Å². The second-order valence-electron chi connectivity index (χ2n) is 6.18. The van der Waals surface area contributed by atoms with Gasteiger partial charge in [-0.2, -0.15) is 0 Å². The predicted molar refractivity (Wildman–Crippen MR) is 89.5 cm³/mol. The van der Waals surface area contributed by atoms with Crippen molar-refractivity contribution in [3.8, 4) is 0 Å². The van der Waals surface area contributed by atoms with Crippen LogP contribution in [-0.2, 0) is 9.53 Å². The van der Waals surface area contributed by atoms with E-state index in [0.717, 1.165) is 37.3 Å². The van der Waals surface area contributed by atoms with Crippen LogP contribution in [0.4, 0.5) is 10.5 Å². The molecule has 2 rings (SSSR count). The zero-order chi connectivity index (χ0) is 16.8. The van der Waals surface area contributed by atoms with E-state index in [1.54, 1.807) is 0 Å². The Balaban J connectivity index is 1.77. The van der Waals surface area contributed by atoms with Crippen LogP contribution in [0.25, 0.3) is 0 Å². The first kappa shape index (κ1) is 17.4. The first-order valence-electron chi connectivity index (χ1n) is 7.89. The topological polar surface area (TPSA) is 70.7 Å². The number of hydrogen-bond donors (Lipinski definition) is 2. The number of likely N-dealkylation sites (N-methyl/N-ethyl adjacent to an activating group) is 1. The monoisotopic (exact) mass is 319 g/mol. The lowest BCUT2D eigenvalue weighted by Gasteiger charge is -2.19. The van der Waals surface area contributed by atoms with Crippen LogP contribution in [0.15, 0.2) is 18.2 Å². The molecular weight excluding hydrogens is 294 g/mol. The van der Waals surface area contributed by atoms with Crippen molar-refractivity contribution in [2.24, 2.45) is 5.92 Å².